The summed E-state index contributed by atoms with van der Waals surface area (Å²) in [7, 11) is 3.58. The molecule has 1 unspecified atom stereocenters. The number of aryl methyl sites for hydroxylation is 2. The number of carbonyl (C=O) groups is 1. The Morgan fingerprint density at radius 1 is 1.42 bits per heavy atom. The summed E-state index contributed by atoms with van der Waals surface area (Å²) in [5.41, 5.74) is 3.30. The molecule has 1 aliphatic rings. The summed E-state index contributed by atoms with van der Waals surface area (Å²) < 4.78 is 14.7. The second-order valence-electron chi connectivity index (χ2n) is 5.95. The molecule has 1 aromatic carbocycles. The van der Waals surface area contributed by atoms with Crippen molar-refractivity contribution in [3.8, 4) is 0 Å². The van der Waals surface area contributed by atoms with Crippen molar-refractivity contribution in [2.24, 2.45) is 12.2 Å². The molecule has 0 bridgehead atoms. The van der Waals surface area contributed by atoms with Crippen LogP contribution in [0.5, 0.6) is 0 Å². The maximum atomic E-state index is 13.0. The van der Waals surface area contributed by atoms with Gasteiger partial charge in [0.1, 0.15) is 5.82 Å². The monoisotopic (exact) mass is 330 g/mol. The number of benzene rings is 1. The SMILES string of the molecule is Cc1nn(C)cc1CN(C)C(=O)C1CC(c2ccc(F)cc2)=NO1. The van der Waals surface area contributed by atoms with Crippen LogP contribution in [0.4, 0.5) is 4.39 Å². The Hall–Kier alpha value is -2.70. The van der Waals surface area contributed by atoms with Crippen LogP contribution < -0.4 is 0 Å². The molecular weight excluding hydrogens is 311 g/mol. The van der Waals surface area contributed by atoms with Gasteiger partial charge in [0.15, 0.2) is 0 Å². The van der Waals surface area contributed by atoms with Crippen molar-refractivity contribution < 1.29 is 14.0 Å². The average Bonchev–Trinajstić information content (AvgIpc) is 3.14. The van der Waals surface area contributed by atoms with Gasteiger partial charge in [-0.25, -0.2) is 4.39 Å². The number of carbonyl (C=O) groups excluding carboxylic acids is 1. The lowest BCUT2D eigenvalue weighted by molar-refractivity contribution is -0.141. The fourth-order valence-electron chi connectivity index (χ4n) is 2.71. The number of likely N-dealkylation sites (N-methyl/N-ethyl adjacent to an activating group) is 1. The van der Waals surface area contributed by atoms with Gasteiger partial charge in [0.25, 0.3) is 5.91 Å². The highest BCUT2D eigenvalue weighted by Crippen LogP contribution is 2.19. The Labute approximate surface area is 139 Å². The Morgan fingerprint density at radius 2 is 2.12 bits per heavy atom. The van der Waals surface area contributed by atoms with Gasteiger partial charge in [-0.05, 0) is 24.6 Å². The van der Waals surface area contributed by atoms with E-state index in [1.165, 1.54) is 12.1 Å². The highest BCUT2D eigenvalue weighted by atomic mass is 19.1. The molecule has 126 valence electrons. The zero-order valence-electron chi connectivity index (χ0n) is 13.9. The minimum atomic E-state index is -0.646. The zero-order chi connectivity index (χ0) is 17.3. The summed E-state index contributed by atoms with van der Waals surface area (Å²) in [5, 5.41) is 8.25. The molecule has 2 heterocycles. The van der Waals surface area contributed by atoms with E-state index in [4.69, 9.17) is 4.84 Å². The van der Waals surface area contributed by atoms with E-state index >= 15 is 0 Å². The van der Waals surface area contributed by atoms with Crippen LogP contribution in [-0.2, 0) is 23.2 Å². The molecule has 0 spiro atoms. The fourth-order valence-corrected chi connectivity index (χ4v) is 2.71. The summed E-state index contributed by atoms with van der Waals surface area (Å²) in [5.74, 6) is -0.448. The summed E-state index contributed by atoms with van der Waals surface area (Å²) in [6.07, 6.45) is 1.63. The molecule has 0 N–H and O–H groups in total. The topological polar surface area (TPSA) is 59.7 Å². The fraction of sp³-hybridized carbons (Fsp3) is 0.353. The first kappa shape index (κ1) is 16.2. The van der Waals surface area contributed by atoms with E-state index in [0.29, 0.717) is 18.7 Å². The number of oxime groups is 1. The number of rotatable bonds is 4. The van der Waals surface area contributed by atoms with E-state index in [-0.39, 0.29) is 11.7 Å². The molecule has 2 aromatic rings. The van der Waals surface area contributed by atoms with Crippen molar-refractivity contribution >= 4 is 11.6 Å². The lowest BCUT2D eigenvalue weighted by atomic mass is 10.0. The van der Waals surface area contributed by atoms with Crippen molar-refractivity contribution in [2.75, 3.05) is 7.05 Å². The molecular formula is C17H19FN4O2. The van der Waals surface area contributed by atoms with Gasteiger partial charge in [-0.2, -0.15) is 5.10 Å². The predicted molar refractivity (Wildman–Crippen MR) is 86.8 cm³/mol. The molecule has 7 heteroatoms. The molecule has 0 fully saturated rings. The zero-order valence-corrected chi connectivity index (χ0v) is 13.9. The van der Waals surface area contributed by atoms with Crippen LogP contribution in [0.3, 0.4) is 0 Å². The number of halogens is 1. The van der Waals surface area contributed by atoms with E-state index in [2.05, 4.69) is 10.3 Å². The van der Waals surface area contributed by atoms with Crippen LogP contribution in [-0.4, -0.2) is 39.5 Å². The maximum absolute atomic E-state index is 13.0. The van der Waals surface area contributed by atoms with Crippen LogP contribution in [0.1, 0.15) is 23.2 Å². The minimum Gasteiger partial charge on any atom is -0.382 e. The number of hydrogen-bond donors (Lipinski definition) is 0. The normalized spacial score (nSPS) is 16.7. The van der Waals surface area contributed by atoms with Crippen molar-refractivity contribution in [1.29, 1.82) is 0 Å². The number of amides is 1. The van der Waals surface area contributed by atoms with E-state index < -0.39 is 6.10 Å². The summed E-state index contributed by atoms with van der Waals surface area (Å²) in [4.78, 5) is 19.4. The van der Waals surface area contributed by atoms with E-state index in [0.717, 1.165) is 16.8 Å². The van der Waals surface area contributed by atoms with Gasteiger partial charge in [-0.3, -0.25) is 9.48 Å². The molecule has 1 atom stereocenters. The van der Waals surface area contributed by atoms with E-state index in [1.807, 2.05) is 20.2 Å². The quantitative estimate of drug-likeness (QED) is 0.862. The third kappa shape index (κ3) is 3.29. The smallest absolute Gasteiger partial charge is 0.266 e. The summed E-state index contributed by atoms with van der Waals surface area (Å²) >= 11 is 0. The number of aromatic nitrogens is 2. The third-order valence-corrected chi connectivity index (χ3v) is 4.02. The first-order valence-corrected chi connectivity index (χ1v) is 7.67. The van der Waals surface area contributed by atoms with Crippen LogP contribution in [0.15, 0.2) is 35.6 Å². The van der Waals surface area contributed by atoms with Gasteiger partial charge >= 0.3 is 0 Å². The van der Waals surface area contributed by atoms with Gasteiger partial charge in [0.2, 0.25) is 6.10 Å². The molecule has 0 saturated carbocycles. The standard InChI is InChI=1S/C17H19FN4O2/c1-11-13(10-22(3)19-11)9-21(2)17(23)16-8-15(20-24-16)12-4-6-14(18)7-5-12/h4-7,10,16H,8-9H2,1-3H3. The second kappa shape index (κ2) is 6.43. The van der Waals surface area contributed by atoms with Crippen LogP contribution >= 0.6 is 0 Å². The summed E-state index contributed by atoms with van der Waals surface area (Å²) in [6.45, 7) is 2.37. The van der Waals surface area contributed by atoms with Gasteiger partial charge in [0, 0.05) is 38.8 Å². The molecule has 1 aromatic heterocycles. The first-order chi connectivity index (χ1) is 11.4. The molecule has 24 heavy (non-hydrogen) atoms. The Morgan fingerprint density at radius 3 is 2.75 bits per heavy atom. The largest absolute Gasteiger partial charge is 0.382 e. The molecule has 1 amide bonds. The molecule has 0 saturated heterocycles. The average molecular weight is 330 g/mol. The molecule has 3 rings (SSSR count). The third-order valence-electron chi connectivity index (χ3n) is 4.02. The highest BCUT2D eigenvalue weighted by molar-refractivity contribution is 6.04. The second-order valence-corrected chi connectivity index (χ2v) is 5.95. The van der Waals surface area contributed by atoms with Crippen molar-refractivity contribution in [2.45, 2.75) is 26.0 Å². The van der Waals surface area contributed by atoms with Crippen LogP contribution in [0, 0.1) is 12.7 Å². The van der Waals surface area contributed by atoms with Crippen molar-refractivity contribution in [3.63, 3.8) is 0 Å². The molecule has 1 aliphatic heterocycles. The maximum Gasteiger partial charge on any atom is 0.266 e. The lowest BCUT2D eigenvalue weighted by Gasteiger charge is -2.19. The lowest BCUT2D eigenvalue weighted by Crippen LogP contribution is -2.36. The van der Waals surface area contributed by atoms with Crippen molar-refractivity contribution in [3.05, 3.63) is 53.1 Å². The number of hydrogen-bond acceptors (Lipinski definition) is 4. The van der Waals surface area contributed by atoms with Crippen LogP contribution in [0.25, 0.3) is 0 Å². The van der Waals surface area contributed by atoms with Gasteiger partial charge in [0.05, 0.1) is 11.4 Å². The predicted octanol–water partition coefficient (Wildman–Crippen LogP) is 2.02. The first-order valence-electron chi connectivity index (χ1n) is 7.67. The molecule has 0 aliphatic carbocycles. The Bertz CT molecular complexity index is 782. The van der Waals surface area contributed by atoms with Crippen LogP contribution in [0.2, 0.25) is 0 Å². The summed E-state index contributed by atoms with van der Waals surface area (Å²) in [6, 6.07) is 5.99. The van der Waals surface area contributed by atoms with E-state index in [9.17, 15) is 9.18 Å². The van der Waals surface area contributed by atoms with Gasteiger partial charge in [-0.1, -0.05) is 17.3 Å². The molecule has 6 nitrogen and oxygen atoms in total. The van der Waals surface area contributed by atoms with Gasteiger partial charge in [-0.15, -0.1) is 0 Å². The Balaban J connectivity index is 1.62. The Kier molecular flexibility index (Phi) is 4.33. The molecule has 0 radical (unpaired) electrons. The van der Waals surface area contributed by atoms with Gasteiger partial charge < -0.3 is 9.74 Å². The number of nitrogens with zero attached hydrogens (tertiary/aromatic N) is 4. The highest BCUT2D eigenvalue weighted by Gasteiger charge is 2.31. The van der Waals surface area contributed by atoms with Crippen molar-refractivity contribution in [1.82, 2.24) is 14.7 Å². The minimum absolute atomic E-state index is 0.140. The van der Waals surface area contributed by atoms with E-state index in [1.54, 1.807) is 28.8 Å².